The van der Waals surface area contributed by atoms with E-state index in [0.29, 0.717) is 0 Å². The van der Waals surface area contributed by atoms with Crippen molar-refractivity contribution in [1.29, 1.82) is 0 Å². The molecule has 0 bridgehead atoms. The molecule has 1 rings (SSSR count). The zero-order chi connectivity index (χ0) is 16.4. The van der Waals surface area contributed by atoms with Gasteiger partial charge in [0.25, 0.3) is 0 Å². The molecule has 2 N–H and O–H groups in total. The highest BCUT2D eigenvalue weighted by molar-refractivity contribution is 5.81. The smallest absolute Gasteiger partial charge is 0.209 e. The van der Waals surface area contributed by atoms with E-state index in [1.54, 1.807) is 12.4 Å². The summed E-state index contributed by atoms with van der Waals surface area (Å²) in [5, 5.41) is 11.0. The third-order valence-corrected chi connectivity index (χ3v) is 4.05. The second-order valence-corrected chi connectivity index (χ2v) is 5.90. The molecule has 1 aliphatic heterocycles. The Morgan fingerprint density at radius 3 is 2.73 bits per heavy atom. The van der Waals surface area contributed by atoms with Crippen LogP contribution in [0, 0.1) is 0 Å². The lowest BCUT2D eigenvalue weighted by Gasteiger charge is -2.36. The molecule has 0 aromatic rings. The van der Waals surface area contributed by atoms with Crippen LogP contribution in [0.5, 0.6) is 0 Å². The number of carboxylic acids is 1. The van der Waals surface area contributed by atoms with Crippen molar-refractivity contribution < 1.29 is 14.4 Å². The maximum atomic E-state index is 11.0. The predicted molar refractivity (Wildman–Crippen MR) is 87.5 cm³/mol. The minimum atomic E-state index is -1.10. The highest BCUT2D eigenvalue weighted by Gasteiger charge is 2.38. The van der Waals surface area contributed by atoms with Crippen LogP contribution in [-0.4, -0.2) is 29.0 Å². The van der Waals surface area contributed by atoms with E-state index in [-0.39, 0.29) is 17.2 Å². The lowest BCUT2D eigenvalue weighted by molar-refractivity contribution is -0.808. The standard InChI is InChI=1S/C17H29N3O2/c1-3-4-5-6-7-8-9-10-11-16-19-12-13-20(16,15(2)18)14-17(21)22/h5-6,12-13,15H,3-4,7-11,14,18H2,1-2H3/b6-5+. The number of rotatable bonds is 11. The van der Waals surface area contributed by atoms with Crippen LogP contribution in [-0.2, 0) is 4.79 Å². The molecule has 1 heterocycles. The summed E-state index contributed by atoms with van der Waals surface area (Å²) in [7, 11) is 0. The molecule has 0 saturated heterocycles. The second-order valence-electron chi connectivity index (χ2n) is 5.90. The summed E-state index contributed by atoms with van der Waals surface area (Å²) in [6, 6.07) is 0. The van der Waals surface area contributed by atoms with Gasteiger partial charge in [-0.25, -0.2) is 9.48 Å². The monoisotopic (exact) mass is 307 g/mol. The number of carboxylic acid groups (broad SMARTS) is 1. The zero-order valence-corrected chi connectivity index (χ0v) is 13.8. The number of amidine groups is 1. The molecular formula is C17H29N3O2. The molecule has 0 amide bonds. The summed E-state index contributed by atoms with van der Waals surface area (Å²) in [6.07, 6.45) is 15.1. The maximum absolute atomic E-state index is 11.0. The molecule has 1 aliphatic rings. The fourth-order valence-corrected chi connectivity index (χ4v) is 2.70. The molecular weight excluding hydrogens is 278 g/mol. The van der Waals surface area contributed by atoms with Crippen molar-refractivity contribution >= 4 is 11.8 Å². The number of hydrogen-bond donors (Lipinski definition) is 1. The molecule has 5 nitrogen and oxygen atoms in total. The third-order valence-electron chi connectivity index (χ3n) is 4.05. The Morgan fingerprint density at radius 2 is 2.09 bits per heavy atom. The lowest BCUT2D eigenvalue weighted by Crippen LogP contribution is -2.60. The van der Waals surface area contributed by atoms with Gasteiger partial charge in [-0.05, 0) is 25.7 Å². The molecule has 2 atom stereocenters. The molecule has 0 aromatic heterocycles. The number of aliphatic carboxylic acids is 1. The number of hydrogen-bond acceptors (Lipinski definition) is 4. The van der Waals surface area contributed by atoms with E-state index in [1.165, 1.54) is 6.42 Å². The SMILES string of the molecule is CCC/C=C/CCCCCC1=NC=C[N+]1(CC(=O)[O-])C(C)N. The van der Waals surface area contributed by atoms with Crippen molar-refractivity contribution in [3.63, 3.8) is 0 Å². The Morgan fingerprint density at radius 1 is 1.36 bits per heavy atom. The van der Waals surface area contributed by atoms with Gasteiger partial charge in [0.2, 0.25) is 5.84 Å². The first kappa shape index (κ1) is 18.6. The van der Waals surface area contributed by atoms with E-state index < -0.39 is 5.97 Å². The van der Waals surface area contributed by atoms with Crippen LogP contribution in [0.15, 0.2) is 29.5 Å². The minimum Gasteiger partial charge on any atom is -0.544 e. The first-order valence-electron chi connectivity index (χ1n) is 8.25. The van der Waals surface area contributed by atoms with Gasteiger partial charge in [-0.3, -0.25) is 5.73 Å². The van der Waals surface area contributed by atoms with Crippen LogP contribution in [0.3, 0.4) is 0 Å². The molecule has 0 spiro atoms. The number of unbranched alkanes of at least 4 members (excludes halogenated alkanes) is 4. The summed E-state index contributed by atoms with van der Waals surface area (Å²) in [5.74, 6) is -0.265. The number of allylic oxidation sites excluding steroid dienone is 2. The summed E-state index contributed by atoms with van der Waals surface area (Å²) in [6.45, 7) is 3.84. The molecule has 0 aromatic carbocycles. The van der Waals surface area contributed by atoms with Crippen LogP contribution in [0.4, 0.5) is 0 Å². The second kappa shape index (κ2) is 9.54. The average molecular weight is 307 g/mol. The molecule has 22 heavy (non-hydrogen) atoms. The predicted octanol–water partition coefficient (Wildman–Crippen LogP) is 2.05. The Hall–Kier alpha value is -1.46. The van der Waals surface area contributed by atoms with E-state index in [4.69, 9.17) is 5.73 Å². The molecule has 0 aliphatic carbocycles. The third kappa shape index (κ3) is 5.39. The molecule has 0 radical (unpaired) electrons. The number of nitrogens with zero attached hydrogens (tertiary/aromatic N) is 2. The Bertz CT molecular complexity index is 441. The van der Waals surface area contributed by atoms with Crippen molar-refractivity contribution in [2.24, 2.45) is 10.7 Å². The topological polar surface area (TPSA) is 78.5 Å². The van der Waals surface area contributed by atoms with E-state index >= 15 is 0 Å². The molecule has 2 unspecified atom stereocenters. The van der Waals surface area contributed by atoms with Gasteiger partial charge in [-0.2, -0.15) is 0 Å². The Kier molecular flexibility index (Phi) is 8.06. The summed E-state index contributed by atoms with van der Waals surface area (Å²) in [4.78, 5) is 15.4. The molecule has 124 valence electrons. The Balaban J connectivity index is 2.40. The van der Waals surface area contributed by atoms with Gasteiger partial charge in [0.15, 0.2) is 0 Å². The first-order chi connectivity index (χ1) is 10.5. The van der Waals surface area contributed by atoms with Crippen molar-refractivity contribution in [1.82, 2.24) is 0 Å². The number of carbonyl (C=O) groups is 1. The van der Waals surface area contributed by atoms with Gasteiger partial charge in [0.05, 0.1) is 12.2 Å². The molecule has 0 fully saturated rings. The normalized spacial score (nSPS) is 22.2. The summed E-state index contributed by atoms with van der Waals surface area (Å²) in [5.41, 5.74) is 6.01. The van der Waals surface area contributed by atoms with Gasteiger partial charge in [0.1, 0.15) is 18.9 Å². The van der Waals surface area contributed by atoms with Crippen LogP contribution in [0.2, 0.25) is 0 Å². The van der Waals surface area contributed by atoms with Gasteiger partial charge < -0.3 is 9.90 Å². The highest BCUT2D eigenvalue weighted by atomic mass is 16.4. The quantitative estimate of drug-likeness (QED) is 0.360. The van der Waals surface area contributed by atoms with Gasteiger partial charge in [0, 0.05) is 13.3 Å². The first-order valence-corrected chi connectivity index (χ1v) is 8.25. The molecule has 0 saturated carbocycles. The lowest BCUT2D eigenvalue weighted by atomic mass is 10.1. The van der Waals surface area contributed by atoms with Gasteiger partial charge in [-0.15, -0.1) is 0 Å². The van der Waals surface area contributed by atoms with Gasteiger partial charge in [-0.1, -0.05) is 31.9 Å². The minimum absolute atomic E-state index is 0.0960. The fourth-order valence-electron chi connectivity index (χ4n) is 2.70. The maximum Gasteiger partial charge on any atom is 0.209 e. The fraction of sp³-hybridized carbons (Fsp3) is 0.647. The average Bonchev–Trinajstić information content (AvgIpc) is 2.85. The van der Waals surface area contributed by atoms with Crippen molar-refractivity contribution in [3.8, 4) is 0 Å². The van der Waals surface area contributed by atoms with Crippen LogP contribution in [0.25, 0.3) is 0 Å². The van der Waals surface area contributed by atoms with Gasteiger partial charge >= 0.3 is 0 Å². The summed E-state index contributed by atoms with van der Waals surface area (Å²) >= 11 is 0. The van der Waals surface area contributed by atoms with Crippen molar-refractivity contribution in [2.45, 2.75) is 65.0 Å². The Labute approximate surface area is 133 Å². The van der Waals surface area contributed by atoms with Crippen molar-refractivity contribution in [2.75, 3.05) is 6.54 Å². The number of quaternary nitrogens is 1. The number of carbonyl (C=O) groups excluding carboxylic acids is 1. The van der Waals surface area contributed by atoms with E-state index in [1.807, 2.05) is 6.92 Å². The van der Waals surface area contributed by atoms with Crippen LogP contribution in [0.1, 0.15) is 58.8 Å². The van der Waals surface area contributed by atoms with Crippen LogP contribution < -0.4 is 10.8 Å². The van der Waals surface area contributed by atoms with E-state index in [0.717, 1.165) is 44.4 Å². The highest BCUT2D eigenvalue weighted by Crippen LogP contribution is 2.23. The number of nitrogens with two attached hydrogens (primary N) is 1. The van der Waals surface area contributed by atoms with E-state index in [9.17, 15) is 9.90 Å². The van der Waals surface area contributed by atoms with Crippen LogP contribution >= 0.6 is 0 Å². The van der Waals surface area contributed by atoms with Crippen molar-refractivity contribution in [3.05, 3.63) is 24.6 Å². The number of aliphatic imine (C=N–C) groups is 1. The zero-order valence-electron chi connectivity index (χ0n) is 13.8. The largest absolute Gasteiger partial charge is 0.544 e. The molecule has 5 heteroatoms. The van der Waals surface area contributed by atoms with E-state index in [2.05, 4.69) is 24.1 Å². The summed E-state index contributed by atoms with van der Waals surface area (Å²) < 4.78 is 0.0960.